The zero-order chi connectivity index (χ0) is 14.2. The van der Waals surface area contributed by atoms with Gasteiger partial charge in [-0.2, -0.15) is 4.99 Å². The minimum absolute atomic E-state index is 0.386. The number of nitrogens with zero attached hydrogens (tertiary/aromatic N) is 1. The molecule has 1 unspecified atom stereocenters. The summed E-state index contributed by atoms with van der Waals surface area (Å²) in [6.45, 7) is 7.06. The summed E-state index contributed by atoms with van der Waals surface area (Å²) >= 11 is 0. The number of ether oxygens (including phenoxy) is 1. The Morgan fingerprint density at radius 3 is 2.33 bits per heavy atom. The highest BCUT2D eigenvalue weighted by Crippen LogP contribution is 2.08. The molecule has 0 saturated carbocycles. The van der Waals surface area contributed by atoms with Crippen LogP contribution < -0.4 is 0 Å². The zero-order valence-corrected chi connectivity index (χ0v) is 11.1. The molecule has 102 valence electrons. The zero-order valence-electron chi connectivity index (χ0n) is 11.1. The van der Waals surface area contributed by atoms with Gasteiger partial charge < -0.3 is 4.74 Å². The lowest BCUT2D eigenvalue weighted by atomic mass is 10.1. The monoisotopic (exact) mass is 255 g/mol. The SMILES string of the molecule is C=C=O.CCCCCC(N=C=O)C(=O)OCCC. The summed E-state index contributed by atoms with van der Waals surface area (Å²) < 4.78 is 4.92. The quantitative estimate of drug-likeness (QED) is 0.219. The average molecular weight is 255 g/mol. The minimum Gasteiger partial charge on any atom is -0.464 e. The van der Waals surface area contributed by atoms with Crippen molar-refractivity contribution in [3.63, 3.8) is 0 Å². The van der Waals surface area contributed by atoms with Crippen molar-refractivity contribution < 1.29 is 19.1 Å². The molecule has 0 aliphatic carbocycles. The van der Waals surface area contributed by atoms with Crippen molar-refractivity contribution in [2.75, 3.05) is 6.61 Å². The molecule has 0 spiro atoms. The maximum absolute atomic E-state index is 11.4. The van der Waals surface area contributed by atoms with Crippen LogP contribution in [0.25, 0.3) is 0 Å². The Balaban J connectivity index is 0. The molecule has 0 aromatic carbocycles. The van der Waals surface area contributed by atoms with Crippen LogP contribution in [0.3, 0.4) is 0 Å². The van der Waals surface area contributed by atoms with E-state index in [2.05, 4.69) is 18.5 Å². The standard InChI is InChI=1S/C11H19NO3.C2H2O/c1-3-5-6-7-10(12-9-13)11(14)15-8-4-2;1-2-3/h10H,3-8H2,1-2H3;1H2. The molecule has 5 nitrogen and oxygen atoms in total. The van der Waals surface area contributed by atoms with Crippen molar-refractivity contribution in [2.24, 2.45) is 4.99 Å². The van der Waals surface area contributed by atoms with Gasteiger partial charge >= 0.3 is 5.97 Å². The van der Waals surface area contributed by atoms with Crippen molar-refractivity contribution in [3.8, 4) is 0 Å². The van der Waals surface area contributed by atoms with Gasteiger partial charge in [-0.1, -0.05) is 33.1 Å². The largest absolute Gasteiger partial charge is 0.464 e. The highest BCUT2D eigenvalue weighted by atomic mass is 16.5. The number of aliphatic imine (C=N–C) groups is 1. The first-order valence-corrected chi connectivity index (χ1v) is 6.05. The Kier molecular flexibility index (Phi) is 15.9. The van der Waals surface area contributed by atoms with Gasteiger partial charge in [-0.15, -0.1) is 0 Å². The number of carbonyl (C=O) groups excluding carboxylic acids is 3. The van der Waals surface area contributed by atoms with Gasteiger partial charge in [0.1, 0.15) is 5.94 Å². The molecule has 0 amide bonds. The van der Waals surface area contributed by atoms with E-state index in [9.17, 15) is 9.59 Å². The van der Waals surface area contributed by atoms with Crippen LogP contribution in [0.2, 0.25) is 0 Å². The maximum atomic E-state index is 11.4. The van der Waals surface area contributed by atoms with E-state index in [-0.39, 0.29) is 0 Å². The van der Waals surface area contributed by atoms with Gasteiger partial charge in [-0.25, -0.2) is 14.4 Å². The molecule has 0 aliphatic rings. The van der Waals surface area contributed by atoms with E-state index in [1.807, 2.05) is 6.92 Å². The van der Waals surface area contributed by atoms with Crippen LogP contribution in [0, 0.1) is 0 Å². The van der Waals surface area contributed by atoms with E-state index in [1.54, 1.807) is 0 Å². The molecule has 0 fully saturated rings. The fourth-order valence-corrected chi connectivity index (χ4v) is 1.19. The minimum atomic E-state index is -0.652. The summed E-state index contributed by atoms with van der Waals surface area (Å²) in [5.41, 5.74) is 0. The van der Waals surface area contributed by atoms with Gasteiger partial charge in [0.15, 0.2) is 6.04 Å². The third-order valence-electron chi connectivity index (χ3n) is 2.01. The second-order valence-electron chi connectivity index (χ2n) is 3.54. The summed E-state index contributed by atoms with van der Waals surface area (Å²) in [6.07, 6.45) is 5.76. The highest BCUT2D eigenvalue weighted by Gasteiger charge is 2.18. The second kappa shape index (κ2) is 15.3. The lowest BCUT2D eigenvalue weighted by Gasteiger charge is -2.09. The average Bonchev–Trinajstić information content (AvgIpc) is 2.36. The van der Waals surface area contributed by atoms with Crippen LogP contribution in [0.5, 0.6) is 0 Å². The molecule has 0 radical (unpaired) electrons. The van der Waals surface area contributed by atoms with Gasteiger partial charge in [0.05, 0.1) is 6.61 Å². The fourth-order valence-electron chi connectivity index (χ4n) is 1.19. The molecule has 0 saturated heterocycles. The van der Waals surface area contributed by atoms with Crippen LogP contribution in [0.15, 0.2) is 11.6 Å². The molecule has 0 heterocycles. The molecule has 0 aromatic rings. The summed E-state index contributed by atoms with van der Waals surface area (Å²) in [4.78, 5) is 33.6. The Morgan fingerprint density at radius 2 is 1.89 bits per heavy atom. The lowest BCUT2D eigenvalue weighted by Crippen LogP contribution is -2.21. The van der Waals surface area contributed by atoms with Crippen molar-refractivity contribution in [1.82, 2.24) is 0 Å². The van der Waals surface area contributed by atoms with Crippen molar-refractivity contribution in [3.05, 3.63) is 6.58 Å². The summed E-state index contributed by atoms with van der Waals surface area (Å²) in [6, 6.07) is -0.652. The predicted octanol–water partition coefficient (Wildman–Crippen LogP) is 2.23. The smallest absolute Gasteiger partial charge is 0.331 e. The number of hydrogen-bond donors (Lipinski definition) is 0. The van der Waals surface area contributed by atoms with Crippen LogP contribution >= 0.6 is 0 Å². The predicted molar refractivity (Wildman–Crippen MR) is 68.6 cm³/mol. The highest BCUT2D eigenvalue weighted by molar-refractivity contribution is 5.76. The van der Waals surface area contributed by atoms with Gasteiger partial charge in [0, 0.05) is 0 Å². The number of rotatable bonds is 8. The lowest BCUT2D eigenvalue weighted by molar-refractivity contribution is -0.145. The van der Waals surface area contributed by atoms with E-state index in [0.717, 1.165) is 25.7 Å². The van der Waals surface area contributed by atoms with Crippen molar-refractivity contribution in [2.45, 2.75) is 52.0 Å². The molecule has 1 atom stereocenters. The third-order valence-corrected chi connectivity index (χ3v) is 2.01. The number of hydrogen-bond acceptors (Lipinski definition) is 5. The summed E-state index contributed by atoms with van der Waals surface area (Å²) in [5, 5.41) is 0. The fraction of sp³-hybridized carbons (Fsp3) is 0.692. The van der Waals surface area contributed by atoms with Gasteiger partial charge in [0.25, 0.3) is 0 Å². The van der Waals surface area contributed by atoms with Crippen molar-refractivity contribution >= 4 is 18.0 Å². The number of esters is 1. The Morgan fingerprint density at radius 1 is 1.28 bits per heavy atom. The van der Waals surface area contributed by atoms with E-state index >= 15 is 0 Å². The molecule has 0 bridgehead atoms. The van der Waals surface area contributed by atoms with Crippen molar-refractivity contribution in [1.29, 1.82) is 0 Å². The van der Waals surface area contributed by atoms with E-state index < -0.39 is 12.0 Å². The maximum Gasteiger partial charge on any atom is 0.331 e. The summed E-state index contributed by atoms with van der Waals surface area (Å²) in [5.74, 6) is 0.844. The normalized spacial score (nSPS) is 10.1. The first-order chi connectivity index (χ1) is 8.67. The molecule has 0 N–H and O–H groups in total. The van der Waals surface area contributed by atoms with Crippen LogP contribution in [0.1, 0.15) is 46.0 Å². The third kappa shape index (κ3) is 12.4. The van der Waals surface area contributed by atoms with Crippen LogP contribution in [0.4, 0.5) is 0 Å². The Hall–Kier alpha value is -1.70. The van der Waals surface area contributed by atoms with E-state index in [1.165, 1.54) is 12.0 Å². The Labute approximate surface area is 108 Å². The van der Waals surface area contributed by atoms with Gasteiger partial charge in [-0.05, 0) is 19.4 Å². The van der Waals surface area contributed by atoms with Gasteiger partial charge in [0.2, 0.25) is 6.08 Å². The molecule has 18 heavy (non-hydrogen) atoms. The summed E-state index contributed by atoms with van der Waals surface area (Å²) in [7, 11) is 0. The first kappa shape index (κ1) is 18.7. The Bertz CT molecular complexity index is 289. The molecule has 0 aromatic heterocycles. The van der Waals surface area contributed by atoms with Gasteiger partial charge in [-0.3, -0.25) is 0 Å². The van der Waals surface area contributed by atoms with Crippen LogP contribution in [-0.4, -0.2) is 30.6 Å². The molecule has 5 heteroatoms. The second-order valence-corrected chi connectivity index (χ2v) is 3.54. The molecule has 0 aliphatic heterocycles. The molecule has 0 rings (SSSR count). The first-order valence-electron chi connectivity index (χ1n) is 6.05. The van der Waals surface area contributed by atoms with E-state index in [0.29, 0.717) is 13.0 Å². The topological polar surface area (TPSA) is 72.8 Å². The van der Waals surface area contributed by atoms with E-state index in [4.69, 9.17) is 9.53 Å². The number of isocyanates is 1. The van der Waals surface area contributed by atoms with Crippen LogP contribution in [-0.2, 0) is 19.1 Å². The molecular formula is C13H21NO4. The molecular weight excluding hydrogens is 234 g/mol. The number of unbranched alkanes of at least 4 members (excludes halogenated alkanes) is 2. The number of carbonyl (C=O) groups is 1.